The summed E-state index contributed by atoms with van der Waals surface area (Å²) in [4.78, 5) is 2.21. The quantitative estimate of drug-likeness (QED) is 0.407. The van der Waals surface area contributed by atoms with Crippen molar-refractivity contribution in [2.75, 3.05) is 6.54 Å². The monoisotopic (exact) mass is 357 g/mol. The summed E-state index contributed by atoms with van der Waals surface area (Å²) in [6.45, 7) is 10.9. The number of hydrogen-bond donors (Lipinski definition) is 0. The molecule has 0 heterocycles. The molecule has 0 N–H and O–H groups in total. The second-order valence-corrected chi connectivity index (χ2v) is 7.26. The zero-order valence-corrected chi connectivity index (χ0v) is 16.9. The average molecular weight is 357 g/mol. The van der Waals surface area contributed by atoms with Crippen LogP contribution in [0, 0.1) is 0 Å². The van der Waals surface area contributed by atoms with E-state index in [0.717, 1.165) is 5.56 Å². The summed E-state index contributed by atoms with van der Waals surface area (Å²) in [6, 6.07) is 20.1. The van der Waals surface area contributed by atoms with Crippen LogP contribution in [0.3, 0.4) is 0 Å². The smallest absolute Gasteiger partial charge is 0.608 e. The van der Waals surface area contributed by atoms with E-state index in [1.165, 1.54) is 5.56 Å². The van der Waals surface area contributed by atoms with Gasteiger partial charge in [-0.15, -0.1) is 6.58 Å². The molecule has 0 aromatic heterocycles. The van der Waals surface area contributed by atoms with Crippen molar-refractivity contribution in [3.63, 3.8) is 0 Å². The summed E-state index contributed by atoms with van der Waals surface area (Å²) in [7, 11) is 0. The third kappa shape index (κ3) is 8.09. The van der Waals surface area contributed by atoms with Crippen molar-refractivity contribution in [3.8, 4) is 0 Å². The Morgan fingerprint density at radius 3 is 2.15 bits per heavy atom. The van der Waals surface area contributed by atoms with E-state index >= 15 is 0 Å². The summed E-state index contributed by atoms with van der Waals surface area (Å²) in [5.74, 6) is -0.312. The molecule has 0 saturated carbocycles. The van der Waals surface area contributed by atoms with Crippen LogP contribution in [0.4, 0.5) is 0 Å². The van der Waals surface area contributed by atoms with Gasteiger partial charge in [0.1, 0.15) is 0 Å². The fourth-order valence-electron chi connectivity index (χ4n) is 2.79. The Labute approximate surface area is 175 Å². The Morgan fingerprint density at radius 2 is 1.63 bits per heavy atom. The third-order valence-corrected chi connectivity index (χ3v) is 3.83. The minimum atomic E-state index is -0.516. The van der Waals surface area contributed by atoms with Crippen molar-refractivity contribution in [1.29, 1.82) is 0 Å². The van der Waals surface area contributed by atoms with Crippen molar-refractivity contribution in [3.05, 3.63) is 96.5 Å². The zero-order valence-electron chi connectivity index (χ0n) is 16.9. The van der Waals surface area contributed by atoms with E-state index in [0.29, 0.717) is 13.1 Å². The van der Waals surface area contributed by atoms with Gasteiger partial charge in [-0.1, -0.05) is 87.5 Å². The van der Waals surface area contributed by atoms with Crippen molar-refractivity contribution >= 4 is 0 Å². The van der Waals surface area contributed by atoms with Crippen molar-refractivity contribution in [1.82, 2.24) is 4.90 Å². The van der Waals surface area contributed by atoms with E-state index in [-0.39, 0.29) is 30.8 Å². The molecule has 0 aliphatic rings. The van der Waals surface area contributed by atoms with Gasteiger partial charge in [0.05, 0.1) is 6.04 Å². The van der Waals surface area contributed by atoms with Gasteiger partial charge in [-0.05, 0) is 17.2 Å². The van der Waals surface area contributed by atoms with Crippen LogP contribution in [0.15, 0.2) is 85.3 Å². The molecule has 1 atom stereocenters. The van der Waals surface area contributed by atoms with Crippen LogP contribution >= 0.6 is 0 Å². The third-order valence-electron chi connectivity index (χ3n) is 3.83. The maximum Gasteiger partial charge on any atom is 1.00 e. The van der Waals surface area contributed by atoms with Gasteiger partial charge >= 0.3 is 18.9 Å². The van der Waals surface area contributed by atoms with Gasteiger partial charge in [-0.25, -0.2) is 0 Å². The van der Waals surface area contributed by atoms with Gasteiger partial charge in [0, 0.05) is 24.6 Å². The summed E-state index contributed by atoms with van der Waals surface area (Å²) < 4.78 is 5.52. The van der Waals surface area contributed by atoms with E-state index in [9.17, 15) is 5.11 Å². The van der Waals surface area contributed by atoms with Crippen LogP contribution < -0.4 is 24.0 Å². The molecule has 138 valence electrons. The molecule has 0 aliphatic heterocycles. The van der Waals surface area contributed by atoms with Crippen LogP contribution in [-0.4, -0.2) is 17.0 Å². The number of nitrogens with zero attached hydrogens (tertiary/aromatic N) is 1. The van der Waals surface area contributed by atoms with Crippen molar-refractivity contribution in [2.45, 2.75) is 39.0 Å². The first-order chi connectivity index (χ1) is 12.4. The topological polar surface area (TPSA) is 35.5 Å². The van der Waals surface area contributed by atoms with Crippen LogP contribution in [0.5, 0.6) is 0 Å². The van der Waals surface area contributed by atoms with Gasteiger partial charge in [0.2, 0.25) is 0 Å². The predicted octanol–water partition coefficient (Wildman–Crippen LogP) is 1.44. The maximum absolute atomic E-state index is 12.5. The van der Waals surface area contributed by atoms with E-state index in [4.69, 9.17) is 4.74 Å². The Morgan fingerprint density at radius 1 is 1.07 bits per heavy atom. The number of rotatable bonds is 8. The normalized spacial score (nSPS) is 13.0. The molecule has 0 saturated heterocycles. The molecule has 0 aliphatic carbocycles. The van der Waals surface area contributed by atoms with Gasteiger partial charge < -0.3 is 9.84 Å². The van der Waals surface area contributed by atoms with Crippen molar-refractivity contribution < 1.29 is 28.7 Å². The minimum absolute atomic E-state index is 0. The number of hydrogen-bond acceptors (Lipinski definition) is 3. The van der Waals surface area contributed by atoms with E-state index in [2.05, 4.69) is 23.6 Å². The summed E-state index contributed by atoms with van der Waals surface area (Å²) in [5.41, 5.74) is 1.72. The second-order valence-electron chi connectivity index (χ2n) is 7.26. The van der Waals surface area contributed by atoms with Crippen molar-refractivity contribution in [2.24, 2.45) is 0 Å². The van der Waals surface area contributed by atoms with Crippen LogP contribution in [-0.2, 0) is 11.3 Å². The number of benzene rings is 2. The molecule has 3 nitrogen and oxygen atoms in total. The molecule has 1 unspecified atom stereocenters. The van der Waals surface area contributed by atoms with E-state index < -0.39 is 5.60 Å². The molecule has 27 heavy (non-hydrogen) atoms. The molecule has 2 aromatic carbocycles. The summed E-state index contributed by atoms with van der Waals surface area (Å²) in [6.07, 6.45) is 3.52. The summed E-state index contributed by atoms with van der Waals surface area (Å²) in [5, 5.41) is 12.5. The fourth-order valence-corrected chi connectivity index (χ4v) is 2.79. The summed E-state index contributed by atoms with van der Waals surface area (Å²) >= 11 is 0. The Hall–Kier alpha value is -1.92. The molecule has 0 bridgehead atoms. The molecule has 2 rings (SSSR count). The van der Waals surface area contributed by atoms with E-state index in [1.807, 2.05) is 75.4 Å². The molecular formula is C23H28LiNO2. The van der Waals surface area contributed by atoms with Crippen LogP contribution in [0.1, 0.15) is 37.9 Å². The largest absolute Gasteiger partial charge is 1.00 e. The van der Waals surface area contributed by atoms with Gasteiger partial charge in [0.15, 0.2) is 0 Å². The first-order valence-electron chi connectivity index (χ1n) is 8.91. The SMILES string of the molecule is C=CCN(Cc1ccccc1)C(/C=C(\[O-])OC(C)(C)C)c1ccccc1.[Li+]. The Kier molecular flexibility index (Phi) is 9.45. The van der Waals surface area contributed by atoms with E-state index in [1.54, 1.807) is 6.08 Å². The second kappa shape index (κ2) is 11.0. The zero-order chi connectivity index (χ0) is 19.0. The molecule has 0 radical (unpaired) electrons. The van der Waals surface area contributed by atoms with Crippen LogP contribution in [0.25, 0.3) is 0 Å². The maximum atomic E-state index is 12.5. The Balaban J connectivity index is 0.00000364. The molecule has 4 heteroatoms. The average Bonchev–Trinajstić information content (AvgIpc) is 2.59. The molecular weight excluding hydrogens is 329 g/mol. The van der Waals surface area contributed by atoms with Crippen LogP contribution in [0.2, 0.25) is 0 Å². The fraction of sp³-hybridized carbons (Fsp3) is 0.304. The standard InChI is InChI=1S/C23H29NO2.Li/c1-5-16-24(18-19-12-8-6-9-13-19)21(20-14-10-7-11-15-20)17-22(25)26-23(2,3)4;/h5-15,17,21,25H,1,16,18H2,2-4H3;/q;+1/p-1/b22-17+;. The molecule has 0 fully saturated rings. The Bertz CT molecular complexity index is 708. The first kappa shape index (κ1) is 23.1. The first-order valence-corrected chi connectivity index (χ1v) is 8.91. The molecule has 0 amide bonds. The van der Waals surface area contributed by atoms with Gasteiger partial charge in [0.25, 0.3) is 0 Å². The number of ether oxygens (including phenoxy) is 1. The van der Waals surface area contributed by atoms with Gasteiger partial charge in [-0.2, -0.15) is 0 Å². The molecule has 2 aromatic rings. The predicted molar refractivity (Wildman–Crippen MR) is 105 cm³/mol. The van der Waals surface area contributed by atoms with Gasteiger partial charge in [-0.3, -0.25) is 4.90 Å². The molecule has 0 spiro atoms. The minimum Gasteiger partial charge on any atom is -0.608 e.